The van der Waals surface area contributed by atoms with Gasteiger partial charge in [-0.1, -0.05) is 54.7 Å². The van der Waals surface area contributed by atoms with Gasteiger partial charge in [0.15, 0.2) is 0 Å². The molecule has 6 heteroatoms. The molecule has 3 saturated carbocycles. The average Bonchev–Trinajstić information content (AvgIpc) is 3.49. The van der Waals surface area contributed by atoms with Crippen LogP contribution in [0.25, 0.3) is 0 Å². The predicted octanol–water partition coefficient (Wildman–Crippen LogP) is 14.5. The second-order valence-electron chi connectivity index (χ2n) is 16.3. The Hall–Kier alpha value is -1.50. The molecule has 1 aliphatic heterocycles. The fraction of sp³-hybridized carbons (Fsp3) is 0.532. The summed E-state index contributed by atoms with van der Waals surface area (Å²) in [5.41, 5.74) is 15.1. The van der Waals surface area contributed by atoms with Crippen LogP contribution in [-0.4, -0.2) is 27.8 Å². The van der Waals surface area contributed by atoms with E-state index in [0.717, 1.165) is 5.56 Å². The fourth-order valence-electron chi connectivity index (χ4n) is 10.0. The zero-order valence-corrected chi connectivity index (χ0v) is 37.8. The third kappa shape index (κ3) is 12.0. The van der Waals surface area contributed by atoms with Crippen molar-refractivity contribution in [2.75, 3.05) is 9.80 Å². The van der Waals surface area contributed by atoms with E-state index in [-0.39, 0.29) is 14.1 Å². The molecule has 53 heavy (non-hydrogen) atoms. The molecule has 3 aliphatic carbocycles. The fourth-order valence-corrected chi connectivity index (χ4v) is 17.1. The first-order valence-electron chi connectivity index (χ1n) is 20.5. The molecule has 3 aromatic rings. The van der Waals surface area contributed by atoms with Crippen LogP contribution in [0.3, 0.4) is 0 Å². The van der Waals surface area contributed by atoms with E-state index >= 15 is 0 Å². The number of aryl methyl sites for hydroxylation is 6. The van der Waals surface area contributed by atoms with Crippen LogP contribution in [0.15, 0.2) is 67.0 Å². The molecule has 0 unspecified atom stereocenters. The van der Waals surface area contributed by atoms with Gasteiger partial charge in [0.2, 0.25) is 0 Å². The Morgan fingerprint density at radius 1 is 0.566 bits per heavy atom. The summed E-state index contributed by atoms with van der Waals surface area (Å²) in [7, 11) is 11.3. The predicted molar refractivity (Wildman–Crippen MR) is 237 cm³/mol. The van der Waals surface area contributed by atoms with E-state index in [1.807, 2.05) is 34.9 Å². The SMILES string of the molecule is C1CCC([PH+](C2CCCCC2)C2CCCCC2)CC1.[CH2-]C1N(c2c(C)cc(C)cc2C)C=CN1c1c(C)cc(C)cc1C.[Cl][Ru]([Cl])=[CH]c1ccccc1. The molecule has 3 aromatic carbocycles. The number of hydrogen-bond acceptors (Lipinski definition) is 2. The van der Waals surface area contributed by atoms with Crippen LogP contribution in [0.5, 0.6) is 0 Å². The Balaban J connectivity index is 0.000000166. The molecule has 0 N–H and O–H groups in total. The van der Waals surface area contributed by atoms with E-state index in [4.69, 9.17) is 19.4 Å². The first-order chi connectivity index (χ1) is 25.5. The van der Waals surface area contributed by atoms with Gasteiger partial charge in [0, 0.05) is 31.7 Å². The summed E-state index contributed by atoms with van der Waals surface area (Å²) in [6.07, 6.45) is 28.1. The molecule has 0 aromatic heterocycles. The summed E-state index contributed by atoms with van der Waals surface area (Å²) < 4.78 is 1.92. The topological polar surface area (TPSA) is 6.48 Å². The maximum absolute atomic E-state index is 5.67. The molecule has 0 spiro atoms. The maximum atomic E-state index is 5.67. The first kappa shape index (κ1) is 42.6. The number of anilines is 2. The normalized spacial score (nSPS) is 19.1. The quantitative estimate of drug-likeness (QED) is 0.138. The van der Waals surface area contributed by atoms with E-state index in [0.29, 0.717) is 0 Å². The molecule has 2 nitrogen and oxygen atoms in total. The third-order valence-electron chi connectivity index (χ3n) is 12.0. The van der Waals surface area contributed by atoms with Gasteiger partial charge in [0.25, 0.3) is 0 Å². The van der Waals surface area contributed by atoms with Gasteiger partial charge in [-0.15, -0.1) is 0 Å². The Morgan fingerprint density at radius 3 is 1.23 bits per heavy atom. The van der Waals surface area contributed by atoms with Crippen molar-refractivity contribution in [3.05, 3.63) is 113 Å². The molecule has 0 amide bonds. The zero-order valence-electron chi connectivity index (χ0n) is 33.6. The van der Waals surface area contributed by atoms with Crippen LogP contribution in [0.2, 0.25) is 0 Å². The Bertz CT molecular complexity index is 1490. The monoisotopic (exact) mass is 862 g/mol. The summed E-state index contributed by atoms with van der Waals surface area (Å²) in [5.74, 6) is 0. The molecule has 1 heterocycles. The average molecular weight is 863 g/mol. The van der Waals surface area contributed by atoms with Gasteiger partial charge in [-0.25, -0.2) is 0 Å². The summed E-state index contributed by atoms with van der Waals surface area (Å²) in [5, 5.41) is 0. The standard InChI is InChI=1S/C22H27N2.C18H33P.C7H6.2ClH.Ru/c1-14-10-16(3)21(17(4)11-14)23-8-9-24(20(23)7)22-18(5)12-15(2)13-19(22)6;1-4-10-16(11-5-1)19(17-12-6-2-7-13-17)18-14-8-3-9-15-18;1-7-5-3-2-4-6-7;;;/h8-13,20H,7H2,1-6H3;16-18H,1-15H2;1-6H;2*1H;/q-1;;;;;+2/p-1. The summed E-state index contributed by atoms with van der Waals surface area (Å²) in [6.45, 7) is 17.5. The summed E-state index contributed by atoms with van der Waals surface area (Å²) in [6, 6.07) is 18.9. The Kier molecular flexibility index (Phi) is 17.0. The van der Waals surface area contributed by atoms with Gasteiger partial charge in [0.05, 0.1) is 17.0 Å². The van der Waals surface area contributed by atoms with E-state index in [1.54, 1.807) is 96.3 Å². The molecule has 292 valence electrons. The molecule has 3 fully saturated rings. The van der Waals surface area contributed by atoms with E-state index in [2.05, 4.69) is 94.9 Å². The van der Waals surface area contributed by atoms with Gasteiger partial charge >= 0.3 is 73.4 Å². The Morgan fingerprint density at radius 2 is 0.906 bits per heavy atom. The number of hydrogen-bond donors (Lipinski definition) is 0. The van der Waals surface area contributed by atoms with E-state index in [1.165, 1.54) is 61.7 Å². The van der Waals surface area contributed by atoms with Crippen molar-refractivity contribution in [2.45, 2.75) is 161 Å². The molecule has 4 aliphatic rings. The van der Waals surface area contributed by atoms with Crippen LogP contribution in [0.4, 0.5) is 11.4 Å². The number of nitrogens with zero attached hydrogens (tertiary/aromatic N) is 2. The van der Waals surface area contributed by atoms with Crippen LogP contribution < -0.4 is 9.80 Å². The van der Waals surface area contributed by atoms with Gasteiger partial charge in [-0.05, 0) is 147 Å². The van der Waals surface area contributed by atoms with Gasteiger partial charge in [-0.2, -0.15) is 0 Å². The van der Waals surface area contributed by atoms with E-state index in [9.17, 15) is 0 Å². The third-order valence-corrected chi connectivity index (χ3v) is 18.5. The molecule has 0 atom stereocenters. The first-order valence-corrected chi connectivity index (χ1v) is 27.7. The number of rotatable bonds is 6. The van der Waals surface area contributed by atoms with Crippen molar-refractivity contribution >= 4 is 43.3 Å². The van der Waals surface area contributed by atoms with Crippen LogP contribution in [0.1, 0.15) is 135 Å². The zero-order chi connectivity index (χ0) is 37.9. The number of halogens is 2. The second kappa shape index (κ2) is 21.1. The van der Waals surface area contributed by atoms with Crippen molar-refractivity contribution in [1.82, 2.24) is 0 Å². The molecule has 0 bridgehead atoms. The minimum absolute atomic E-state index is 0.0187. The van der Waals surface area contributed by atoms with Gasteiger partial charge in [0.1, 0.15) is 0 Å². The Labute approximate surface area is 338 Å². The van der Waals surface area contributed by atoms with Gasteiger partial charge in [-0.3, -0.25) is 0 Å². The molecule has 0 radical (unpaired) electrons. The summed E-state index contributed by atoms with van der Waals surface area (Å²) in [4.78, 5) is 4.56. The van der Waals surface area contributed by atoms with Gasteiger partial charge < -0.3 is 16.7 Å². The van der Waals surface area contributed by atoms with Crippen molar-refractivity contribution in [2.24, 2.45) is 0 Å². The van der Waals surface area contributed by atoms with Crippen molar-refractivity contribution in [3.63, 3.8) is 0 Å². The second-order valence-corrected chi connectivity index (χ2v) is 25.5. The summed E-state index contributed by atoms with van der Waals surface area (Å²) >= 11 is -1.61. The number of benzene rings is 3. The molecule has 0 saturated heterocycles. The van der Waals surface area contributed by atoms with Crippen molar-refractivity contribution < 1.29 is 13.5 Å². The van der Waals surface area contributed by atoms with Crippen LogP contribution in [-0.2, 0) is 13.5 Å². The van der Waals surface area contributed by atoms with Crippen LogP contribution in [0, 0.1) is 48.5 Å². The molecule has 7 rings (SSSR count). The van der Waals surface area contributed by atoms with Crippen molar-refractivity contribution in [1.29, 1.82) is 0 Å². The van der Waals surface area contributed by atoms with Crippen LogP contribution >= 0.6 is 27.3 Å². The molecular weight excluding hydrogens is 795 g/mol. The minimum atomic E-state index is -1.61. The molecular formula is C47H67Cl2N2PRu. The van der Waals surface area contributed by atoms with E-state index < -0.39 is 13.5 Å². The van der Waals surface area contributed by atoms with Crippen molar-refractivity contribution in [3.8, 4) is 0 Å².